The van der Waals surface area contributed by atoms with Crippen molar-refractivity contribution in [3.63, 3.8) is 0 Å². The van der Waals surface area contributed by atoms with E-state index in [0.29, 0.717) is 17.5 Å². The molecule has 0 spiro atoms. The number of aromatic nitrogens is 3. The third-order valence-electron chi connectivity index (χ3n) is 13.4. The molecule has 1 aromatic heterocycles. The number of rotatable bonds is 4. The van der Waals surface area contributed by atoms with Gasteiger partial charge >= 0.3 is 0 Å². The summed E-state index contributed by atoms with van der Waals surface area (Å²) in [5.41, 5.74) is 21.5. The van der Waals surface area contributed by atoms with Crippen LogP contribution in [0.3, 0.4) is 0 Å². The van der Waals surface area contributed by atoms with E-state index in [2.05, 4.69) is 178 Å². The molecule has 278 valence electrons. The molecule has 1 heterocycles. The van der Waals surface area contributed by atoms with Crippen LogP contribution in [0.25, 0.3) is 89.8 Å². The molecule has 3 nitrogen and oxygen atoms in total. The maximum atomic E-state index is 5.26. The minimum atomic E-state index is -0.472. The Labute approximate surface area is 344 Å². The highest BCUT2D eigenvalue weighted by molar-refractivity contribution is 5.98. The standard InChI is InChI=1S/C56H39N3/c1-55(2)47-23-13-21-42-39-19-12-18-38(30-39)41-29-28-40(31-49(41)56(3)46-22-11-10-20-43(46)44-32-48(55)45(51(42)47)33-50(44)56)54-58-52(36-16-8-5-9-17-36)57-53(59-54)37-26-24-35(25-27-37)34-14-6-4-7-15-34/h4-33H,1-3H3. The third-order valence-corrected chi connectivity index (χ3v) is 13.4. The molecule has 1 atom stereocenters. The van der Waals surface area contributed by atoms with E-state index < -0.39 is 5.41 Å². The Balaban J connectivity index is 1.11. The van der Waals surface area contributed by atoms with E-state index in [-0.39, 0.29) is 5.41 Å². The van der Waals surface area contributed by atoms with E-state index in [4.69, 9.17) is 15.0 Å². The zero-order chi connectivity index (χ0) is 39.5. The van der Waals surface area contributed by atoms with Gasteiger partial charge in [-0.3, -0.25) is 0 Å². The first kappa shape index (κ1) is 33.9. The molecule has 3 aliphatic rings. The fourth-order valence-electron chi connectivity index (χ4n) is 10.3. The Hall–Kier alpha value is -7.23. The van der Waals surface area contributed by atoms with Crippen LogP contribution in [0.5, 0.6) is 0 Å². The summed E-state index contributed by atoms with van der Waals surface area (Å²) < 4.78 is 0. The van der Waals surface area contributed by atoms with E-state index in [0.717, 1.165) is 22.3 Å². The molecule has 0 fully saturated rings. The van der Waals surface area contributed by atoms with Gasteiger partial charge in [-0.2, -0.15) is 0 Å². The lowest BCUT2D eigenvalue weighted by molar-refractivity contribution is 0.659. The molecule has 0 N–H and O–H groups in total. The highest BCUT2D eigenvalue weighted by Crippen LogP contribution is 2.60. The molecular formula is C56H39N3. The normalized spacial score (nSPS) is 15.9. The number of hydrogen-bond donors (Lipinski definition) is 0. The second-order valence-corrected chi connectivity index (χ2v) is 16.9. The average molecular weight is 754 g/mol. The van der Waals surface area contributed by atoms with Crippen molar-refractivity contribution in [3.05, 3.63) is 210 Å². The fourth-order valence-corrected chi connectivity index (χ4v) is 10.3. The van der Waals surface area contributed by atoms with Gasteiger partial charge in [-0.05, 0) is 115 Å². The maximum Gasteiger partial charge on any atom is 0.164 e. The molecule has 0 aliphatic heterocycles. The van der Waals surface area contributed by atoms with Gasteiger partial charge in [0.05, 0.1) is 0 Å². The summed E-state index contributed by atoms with van der Waals surface area (Å²) in [6.07, 6.45) is 0. The largest absolute Gasteiger partial charge is 0.208 e. The molecule has 0 saturated carbocycles. The van der Waals surface area contributed by atoms with E-state index in [9.17, 15) is 0 Å². The summed E-state index contributed by atoms with van der Waals surface area (Å²) in [5.74, 6) is 1.94. The molecule has 3 heteroatoms. The summed E-state index contributed by atoms with van der Waals surface area (Å²) >= 11 is 0. The smallest absolute Gasteiger partial charge is 0.164 e. The topological polar surface area (TPSA) is 38.7 Å². The highest BCUT2D eigenvalue weighted by Gasteiger charge is 2.46. The van der Waals surface area contributed by atoms with Gasteiger partial charge in [0.2, 0.25) is 0 Å². The van der Waals surface area contributed by atoms with Crippen molar-refractivity contribution in [1.82, 2.24) is 15.0 Å². The molecular weight excluding hydrogens is 715 g/mol. The second kappa shape index (κ2) is 12.4. The number of benzene rings is 8. The number of fused-ring (bicyclic) bond motifs is 9. The lowest BCUT2D eigenvalue weighted by Crippen LogP contribution is -2.24. The predicted molar refractivity (Wildman–Crippen MR) is 241 cm³/mol. The quantitative estimate of drug-likeness (QED) is 0.180. The highest BCUT2D eigenvalue weighted by atomic mass is 15.0. The Morgan fingerprint density at radius 3 is 1.53 bits per heavy atom. The zero-order valence-electron chi connectivity index (χ0n) is 33.2. The lowest BCUT2D eigenvalue weighted by Gasteiger charge is -2.32. The summed E-state index contributed by atoms with van der Waals surface area (Å²) in [7, 11) is 0. The Kier molecular flexibility index (Phi) is 7.11. The van der Waals surface area contributed by atoms with Crippen LogP contribution in [-0.2, 0) is 10.8 Å². The van der Waals surface area contributed by atoms with Crippen molar-refractivity contribution in [1.29, 1.82) is 0 Å². The SMILES string of the molecule is CC1(C)c2cc3c4cc2-c2c(cccc21)-c1cccc(c1)-c1ccc(-c2nc(-c5ccccc5)nc(-c5ccc(-c6ccccc6)cc5)n2)cc1C4(C)c1ccccc1-3. The van der Waals surface area contributed by atoms with Gasteiger partial charge in [0.1, 0.15) is 0 Å². The number of hydrogen-bond acceptors (Lipinski definition) is 3. The Morgan fingerprint density at radius 1 is 0.288 bits per heavy atom. The van der Waals surface area contributed by atoms with Gasteiger partial charge in [-0.15, -0.1) is 0 Å². The average Bonchev–Trinajstić information content (AvgIpc) is 3.69. The van der Waals surface area contributed by atoms with Gasteiger partial charge in [-0.1, -0.05) is 172 Å². The van der Waals surface area contributed by atoms with Crippen LogP contribution in [0.1, 0.15) is 48.6 Å². The van der Waals surface area contributed by atoms with Crippen LogP contribution >= 0.6 is 0 Å². The first-order chi connectivity index (χ1) is 28.9. The van der Waals surface area contributed by atoms with Gasteiger partial charge in [0.25, 0.3) is 0 Å². The molecule has 59 heavy (non-hydrogen) atoms. The van der Waals surface area contributed by atoms with Crippen LogP contribution in [0.4, 0.5) is 0 Å². The van der Waals surface area contributed by atoms with Crippen molar-refractivity contribution < 1.29 is 0 Å². The first-order valence-electron chi connectivity index (χ1n) is 20.5. The summed E-state index contributed by atoms with van der Waals surface area (Å²) in [6, 6.07) is 66.3. The van der Waals surface area contributed by atoms with Crippen molar-refractivity contribution in [2.75, 3.05) is 0 Å². The molecule has 0 saturated heterocycles. The summed E-state index contributed by atoms with van der Waals surface area (Å²) in [4.78, 5) is 15.6. The summed E-state index contributed by atoms with van der Waals surface area (Å²) in [6.45, 7) is 7.22. The van der Waals surface area contributed by atoms with Gasteiger partial charge in [0, 0.05) is 27.5 Å². The Bertz CT molecular complexity index is 3180. The van der Waals surface area contributed by atoms with E-state index in [1.807, 2.05) is 24.3 Å². The first-order valence-corrected chi connectivity index (χ1v) is 20.5. The van der Waals surface area contributed by atoms with Crippen molar-refractivity contribution in [2.45, 2.75) is 31.6 Å². The van der Waals surface area contributed by atoms with Gasteiger partial charge in [-0.25, -0.2) is 15.0 Å². The molecule has 0 radical (unpaired) electrons. The van der Waals surface area contributed by atoms with Crippen molar-refractivity contribution in [2.24, 2.45) is 0 Å². The van der Waals surface area contributed by atoms with Crippen LogP contribution < -0.4 is 0 Å². The predicted octanol–water partition coefficient (Wildman–Crippen LogP) is 13.8. The van der Waals surface area contributed by atoms with Crippen LogP contribution in [-0.4, -0.2) is 15.0 Å². The molecule has 12 rings (SSSR count). The zero-order valence-corrected chi connectivity index (χ0v) is 33.2. The molecule has 0 amide bonds. The second-order valence-electron chi connectivity index (χ2n) is 16.9. The van der Waals surface area contributed by atoms with Crippen LogP contribution in [0.2, 0.25) is 0 Å². The molecule has 1 unspecified atom stereocenters. The third kappa shape index (κ3) is 4.91. The van der Waals surface area contributed by atoms with E-state index >= 15 is 0 Å². The van der Waals surface area contributed by atoms with Crippen molar-refractivity contribution in [3.8, 4) is 89.8 Å². The minimum absolute atomic E-state index is 0.134. The molecule has 8 aromatic carbocycles. The van der Waals surface area contributed by atoms with Gasteiger partial charge < -0.3 is 0 Å². The van der Waals surface area contributed by atoms with Gasteiger partial charge in [0.15, 0.2) is 17.5 Å². The van der Waals surface area contributed by atoms with E-state index in [1.165, 1.54) is 77.9 Å². The lowest BCUT2D eigenvalue weighted by atomic mass is 9.70. The van der Waals surface area contributed by atoms with Crippen molar-refractivity contribution >= 4 is 0 Å². The van der Waals surface area contributed by atoms with Crippen LogP contribution in [0, 0.1) is 0 Å². The minimum Gasteiger partial charge on any atom is -0.208 e. The van der Waals surface area contributed by atoms with Crippen LogP contribution in [0.15, 0.2) is 182 Å². The number of nitrogens with zero attached hydrogens (tertiary/aromatic N) is 3. The Morgan fingerprint density at radius 2 is 0.780 bits per heavy atom. The molecule has 4 bridgehead atoms. The monoisotopic (exact) mass is 753 g/mol. The molecule has 3 aliphatic carbocycles. The fraction of sp³-hybridized carbons (Fsp3) is 0.0893. The maximum absolute atomic E-state index is 5.26. The summed E-state index contributed by atoms with van der Waals surface area (Å²) in [5, 5.41) is 0. The molecule has 9 aromatic rings. The van der Waals surface area contributed by atoms with E-state index in [1.54, 1.807) is 0 Å².